The van der Waals surface area contributed by atoms with Gasteiger partial charge in [-0.2, -0.15) is 13.2 Å². The molecule has 0 spiro atoms. The highest BCUT2D eigenvalue weighted by molar-refractivity contribution is 5.94. The first-order chi connectivity index (χ1) is 15.1. The number of anilines is 2. The summed E-state index contributed by atoms with van der Waals surface area (Å²) in [6.45, 7) is 2.80. The minimum Gasteiger partial charge on any atom is -0.480 e. The van der Waals surface area contributed by atoms with E-state index in [9.17, 15) is 22.4 Å². The van der Waals surface area contributed by atoms with Gasteiger partial charge in [-0.15, -0.1) is 0 Å². The Morgan fingerprint density at radius 3 is 2.41 bits per heavy atom. The van der Waals surface area contributed by atoms with E-state index in [4.69, 9.17) is 4.74 Å². The summed E-state index contributed by atoms with van der Waals surface area (Å²) in [6.07, 6.45) is -3.96. The molecule has 1 fully saturated rings. The zero-order valence-corrected chi connectivity index (χ0v) is 18.2. The molecule has 0 aliphatic carbocycles. The van der Waals surface area contributed by atoms with E-state index in [0.717, 1.165) is 38.1 Å². The number of benzene rings is 2. The van der Waals surface area contributed by atoms with Crippen LogP contribution in [-0.2, 0) is 11.0 Å². The molecule has 32 heavy (non-hydrogen) atoms. The standard InChI is InChI=1S/C23H27F4N3O2/c1-15(32-21-7-5-4-6-18(21)23(25,26)27)22(31)28-16-8-9-20(19(24)14-16)30-12-10-17(11-13-30)29(2)3/h4-9,14-15,17H,10-13H2,1-3H3,(H,28,31). The number of para-hydroxylation sites is 1. The van der Waals surface area contributed by atoms with Crippen LogP contribution in [0.1, 0.15) is 25.3 Å². The first kappa shape index (κ1) is 23.8. The molecule has 1 aliphatic heterocycles. The lowest BCUT2D eigenvalue weighted by molar-refractivity contribution is -0.140. The average Bonchev–Trinajstić information content (AvgIpc) is 2.73. The molecule has 1 unspecified atom stereocenters. The molecule has 174 valence electrons. The summed E-state index contributed by atoms with van der Waals surface area (Å²) in [6, 6.07) is 9.53. The Hall–Kier alpha value is -2.81. The van der Waals surface area contributed by atoms with Gasteiger partial charge in [0.25, 0.3) is 5.91 Å². The van der Waals surface area contributed by atoms with E-state index in [2.05, 4.69) is 10.2 Å². The van der Waals surface area contributed by atoms with Crippen molar-refractivity contribution in [3.05, 3.63) is 53.8 Å². The van der Waals surface area contributed by atoms with Gasteiger partial charge in [0.05, 0.1) is 11.3 Å². The molecule has 0 radical (unpaired) electrons. The Kier molecular flexibility index (Phi) is 7.28. The largest absolute Gasteiger partial charge is 0.480 e. The first-order valence-electron chi connectivity index (χ1n) is 10.4. The van der Waals surface area contributed by atoms with Crippen LogP contribution in [-0.4, -0.2) is 50.1 Å². The van der Waals surface area contributed by atoms with Crippen LogP contribution in [0.4, 0.5) is 28.9 Å². The topological polar surface area (TPSA) is 44.8 Å². The number of hydrogen-bond donors (Lipinski definition) is 1. The number of halogens is 4. The molecule has 0 saturated carbocycles. The van der Waals surface area contributed by atoms with Gasteiger partial charge in [0.1, 0.15) is 11.6 Å². The highest BCUT2D eigenvalue weighted by Gasteiger charge is 2.35. The molecule has 2 aromatic carbocycles. The second-order valence-electron chi connectivity index (χ2n) is 8.09. The van der Waals surface area contributed by atoms with Gasteiger partial charge in [-0.05, 0) is 64.2 Å². The molecule has 1 N–H and O–H groups in total. The van der Waals surface area contributed by atoms with Gasteiger partial charge in [-0.25, -0.2) is 4.39 Å². The molecule has 9 heteroatoms. The van der Waals surface area contributed by atoms with Crippen LogP contribution < -0.4 is 15.0 Å². The summed E-state index contributed by atoms with van der Waals surface area (Å²) >= 11 is 0. The molecule has 0 aromatic heterocycles. The number of nitrogens with one attached hydrogen (secondary N) is 1. The number of nitrogens with zero attached hydrogens (tertiary/aromatic N) is 2. The van der Waals surface area contributed by atoms with E-state index < -0.39 is 35.3 Å². The third-order valence-electron chi connectivity index (χ3n) is 5.62. The van der Waals surface area contributed by atoms with Crippen LogP contribution in [0.5, 0.6) is 5.75 Å². The van der Waals surface area contributed by atoms with E-state index in [1.165, 1.54) is 25.1 Å². The summed E-state index contributed by atoms with van der Waals surface area (Å²) < 4.78 is 59.3. The van der Waals surface area contributed by atoms with Crippen molar-refractivity contribution in [3.63, 3.8) is 0 Å². The molecule has 0 bridgehead atoms. The Balaban J connectivity index is 1.63. The van der Waals surface area contributed by atoms with Crippen molar-refractivity contribution >= 4 is 17.3 Å². The van der Waals surface area contributed by atoms with E-state index in [1.54, 1.807) is 12.1 Å². The van der Waals surface area contributed by atoms with E-state index in [-0.39, 0.29) is 5.69 Å². The smallest absolute Gasteiger partial charge is 0.419 e. The number of alkyl halides is 3. The SMILES string of the molecule is CC(Oc1ccccc1C(F)(F)F)C(=O)Nc1ccc(N2CCC(N(C)C)CC2)c(F)c1. The van der Waals surface area contributed by atoms with E-state index in [1.807, 2.05) is 19.0 Å². The third kappa shape index (κ3) is 5.70. The predicted octanol–water partition coefficient (Wildman–Crippen LogP) is 4.78. The van der Waals surface area contributed by atoms with Crippen LogP contribution >= 0.6 is 0 Å². The van der Waals surface area contributed by atoms with Gasteiger partial charge in [-0.3, -0.25) is 4.79 Å². The minimum absolute atomic E-state index is 0.207. The lowest BCUT2D eigenvalue weighted by Gasteiger charge is -2.36. The quantitative estimate of drug-likeness (QED) is 0.640. The summed E-state index contributed by atoms with van der Waals surface area (Å²) in [5, 5.41) is 2.50. The number of hydrogen-bond acceptors (Lipinski definition) is 4. The average molecular weight is 453 g/mol. The summed E-state index contributed by atoms with van der Waals surface area (Å²) in [7, 11) is 4.07. The maximum Gasteiger partial charge on any atom is 0.419 e. The van der Waals surface area contributed by atoms with Crippen LogP contribution in [0.25, 0.3) is 0 Å². The summed E-state index contributed by atoms with van der Waals surface area (Å²) in [4.78, 5) is 16.6. The molecular formula is C23H27F4N3O2. The molecule has 1 aliphatic rings. The van der Waals surface area contributed by atoms with Crippen molar-refractivity contribution in [2.24, 2.45) is 0 Å². The Morgan fingerprint density at radius 2 is 1.81 bits per heavy atom. The zero-order chi connectivity index (χ0) is 23.5. The molecule has 5 nitrogen and oxygen atoms in total. The van der Waals surface area contributed by atoms with Crippen LogP contribution in [0.2, 0.25) is 0 Å². The lowest BCUT2D eigenvalue weighted by atomic mass is 10.0. The zero-order valence-electron chi connectivity index (χ0n) is 18.2. The molecule has 1 heterocycles. The maximum atomic E-state index is 14.7. The number of amides is 1. The highest BCUT2D eigenvalue weighted by atomic mass is 19.4. The van der Waals surface area contributed by atoms with Gasteiger partial charge in [0.15, 0.2) is 6.10 Å². The predicted molar refractivity (Wildman–Crippen MR) is 115 cm³/mol. The Morgan fingerprint density at radius 1 is 1.16 bits per heavy atom. The normalized spacial score (nSPS) is 16.2. The van der Waals surface area contributed by atoms with Crippen LogP contribution in [0.15, 0.2) is 42.5 Å². The van der Waals surface area contributed by atoms with E-state index in [0.29, 0.717) is 11.7 Å². The lowest BCUT2D eigenvalue weighted by Crippen LogP contribution is -2.42. The van der Waals surface area contributed by atoms with Gasteiger partial charge in [-0.1, -0.05) is 12.1 Å². The summed E-state index contributed by atoms with van der Waals surface area (Å²) in [5.41, 5.74) is -0.296. The van der Waals surface area contributed by atoms with Crippen molar-refractivity contribution < 1.29 is 27.1 Å². The van der Waals surface area contributed by atoms with Crippen molar-refractivity contribution in [1.82, 2.24) is 4.90 Å². The van der Waals surface area contributed by atoms with Gasteiger partial charge in [0, 0.05) is 24.8 Å². The number of carbonyl (C=O) groups excluding carboxylic acids is 1. The molecule has 1 saturated heterocycles. The van der Waals surface area contributed by atoms with Crippen molar-refractivity contribution in [1.29, 1.82) is 0 Å². The van der Waals surface area contributed by atoms with Crippen molar-refractivity contribution in [2.75, 3.05) is 37.4 Å². The van der Waals surface area contributed by atoms with Gasteiger partial charge >= 0.3 is 6.18 Å². The molecule has 1 amide bonds. The Labute approximate surface area is 185 Å². The number of ether oxygens (including phenoxy) is 1. The second kappa shape index (κ2) is 9.77. The second-order valence-corrected chi connectivity index (χ2v) is 8.09. The molecule has 1 atom stereocenters. The molecule has 2 aromatic rings. The Bertz CT molecular complexity index is 941. The highest BCUT2D eigenvalue weighted by Crippen LogP contribution is 2.36. The van der Waals surface area contributed by atoms with Gasteiger partial charge in [0.2, 0.25) is 0 Å². The molecular weight excluding hydrogens is 426 g/mol. The number of carbonyl (C=O) groups is 1. The monoisotopic (exact) mass is 453 g/mol. The minimum atomic E-state index is -4.60. The third-order valence-corrected chi connectivity index (χ3v) is 5.62. The fourth-order valence-corrected chi connectivity index (χ4v) is 3.76. The summed E-state index contributed by atoms with van der Waals surface area (Å²) in [5.74, 6) is -1.59. The van der Waals surface area contributed by atoms with Gasteiger partial charge < -0.3 is 19.9 Å². The van der Waals surface area contributed by atoms with Crippen molar-refractivity contribution in [2.45, 2.75) is 38.1 Å². The fraction of sp³-hybridized carbons (Fsp3) is 0.435. The van der Waals surface area contributed by atoms with Crippen molar-refractivity contribution in [3.8, 4) is 5.75 Å². The number of piperidine rings is 1. The van der Waals surface area contributed by atoms with E-state index >= 15 is 0 Å². The van der Waals surface area contributed by atoms with Crippen LogP contribution in [0.3, 0.4) is 0 Å². The first-order valence-corrected chi connectivity index (χ1v) is 10.4. The van der Waals surface area contributed by atoms with Crippen LogP contribution in [0, 0.1) is 5.82 Å². The fourth-order valence-electron chi connectivity index (χ4n) is 3.76. The molecule has 3 rings (SSSR count). The number of rotatable bonds is 6. The maximum absolute atomic E-state index is 14.7.